The Hall–Kier alpha value is -2.54. The van der Waals surface area contributed by atoms with E-state index in [1.165, 1.54) is 31.2 Å². The van der Waals surface area contributed by atoms with Crippen LogP contribution in [-0.2, 0) is 4.79 Å². The maximum Gasteiger partial charge on any atom is 0.405 e. The maximum absolute atomic E-state index is 12.3. The number of alkyl halides is 3. The minimum Gasteiger partial charge on any atom is -0.481 e. The summed E-state index contributed by atoms with van der Waals surface area (Å²) >= 11 is 5.78. The van der Waals surface area contributed by atoms with Gasteiger partial charge in [-0.1, -0.05) is 11.6 Å². The molecule has 0 fully saturated rings. The fraction of sp³-hybridized carbons (Fsp3) is 0.222. The van der Waals surface area contributed by atoms with Crippen LogP contribution in [0.3, 0.4) is 0 Å². The Kier molecular flexibility index (Phi) is 6.26. The lowest BCUT2D eigenvalue weighted by Crippen LogP contribution is -2.41. The molecule has 0 aliphatic carbocycles. The summed E-state index contributed by atoms with van der Waals surface area (Å²) < 4.78 is 41.6. The predicted octanol–water partition coefficient (Wildman–Crippen LogP) is 4.02. The largest absolute Gasteiger partial charge is 0.481 e. The Labute approximate surface area is 152 Å². The number of ether oxygens (including phenoxy) is 1. The summed E-state index contributed by atoms with van der Waals surface area (Å²) in [5, 5.41) is 2.26. The molecule has 138 valence electrons. The third-order valence-electron chi connectivity index (χ3n) is 3.37. The third-order valence-corrected chi connectivity index (χ3v) is 3.62. The van der Waals surface area contributed by atoms with Crippen LogP contribution in [0.2, 0.25) is 5.02 Å². The number of carbonyl (C=O) groups excluding carboxylic acids is 2. The van der Waals surface area contributed by atoms with Crippen LogP contribution >= 0.6 is 11.6 Å². The summed E-state index contributed by atoms with van der Waals surface area (Å²) in [5.74, 6) is -0.847. The zero-order valence-corrected chi connectivity index (χ0v) is 14.4. The zero-order chi connectivity index (χ0) is 19.3. The first-order valence-corrected chi connectivity index (χ1v) is 7.95. The summed E-state index contributed by atoms with van der Waals surface area (Å²) in [6.45, 7) is -0.0907. The van der Waals surface area contributed by atoms with Crippen molar-refractivity contribution in [3.05, 3.63) is 64.7 Å². The molecule has 0 spiro atoms. The van der Waals surface area contributed by atoms with Crippen molar-refractivity contribution in [3.8, 4) is 5.75 Å². The van der Waals surface area contributed by atoms with Crippen LogP contribution < -0.4 is 10.1 Å². The molecular weight excluding hydrogens is 371 g/mol. The van der Waals surface area contributed by atoms with Crippen LogP contribution in [-0.4, -0.2) is 30.5 Å². The molecule has 0 aliphatic heterocycles. The molecule has 0 saturated heterocycles. The molecule has 1 amide bonds. The smallest absolute Gasteiger partial charge is 0.405 e. The molecule has 0 aromatic heterocycles. The quantitative estimate of drug-likeness (QED) is 0.764. The van der Waals surface area contributed by atoms with Crippen molar-refractivity contribution in [1.29, 1.82) is 0 Å². The van der Waals surface area contributed by atoms with Crippen LogP contribution in [0.15, 0.2) is 48.5 Å². The molecule has 1 atom stereocenters. The Morgan fingerprint density at radius 1 is 1.04 bits per heavy atom. The molecule has 26 heavy (non-hydrogen) atoms. The lowest BCUT2D eigenvalue weighted by molar-refractivity contribution is -0.142. The van der Waals surface area contributed by atoms with Gasteiger partial charge in [-0.3, -0.25) is 9.59 Å². The van der Waals surface area contributed by atoms with Gasteiger partial charge in [-0.2, -0.15) is 13.2 Å². The first kappa shape index (κ1) is 19.8. The van der Waals surface area contributed by atoms with Crippen molar-refractivity contribution in [2.24, 2.45) is 0 Å². The second-order valence-corrected chi connectivity index (χ2v) is 5.89. The SMILES string of the molecule is CC(Oc1ccc(C(=O)c2ccc(Cl)cc2)cc1)C(=O)NCC(F)(F)F. The summed E-state index contributed by atoms with van der Waals surface area (Å²) in [6.07, 6.45) is -5.60. The molecule has 2 aromatic rings. The lowest BCUT2D eigenvalue weighted by atomic mass is 10.0. The number of benzene rings is 2. The van der Waals surface area contributed by atoms with E-state index in [1.54, 1.807) is 29.6 Å². The minimum absolute atomic E-state index is 0.218. The van der Waals surface area contributed by atoms with Gasteiger partial charge in [-0.25, -0.2) is 0 Å². The first-order chi connectivity index (χ1) is 12.2. The van der Waals surface area contributed by atoms with Crippen molar-refractivity contribution in [2.45, 2.75) is 19.2 Å². The third kappa shape index (κ3) is 5.77. The highest BCUT2D eigenvalue weighted by Crippen LogP contribution is 2.18. The van der Waals surface area contributed by atoms with E-state index in [4.69, 9.17) is 16.3 Å². The Morgan fingerprint density at radius 2 is 1.54 bits per heavy atom. The number of hydrogen-bond donors (Lipinski definition) is 1. The van der Waals surface area contributed by atoms with Crippen LogP contribution in [0.1, 0.15) is 22.8 Å². The van der Waals surface area contributed by atoms with Crippen molar-refractivity contribution in [3.63, 3.8) is 0 Å². The van der Waals surface area contributed by atoms with Crippen LogP contribution in [0.5, 0.6) is 5.75 Å². The highest BCUT2D eigenvalue weighted by atomic mass is 35.5. The van der Waals surface area contributed by atoms with Gasteiger partial charge in [-0.15, -0.1) is 0 Å². The number of ketones is 1. The Morgan fingerprint density at radius 3 is 2.04 bits per heavy atom. The topological polar surface area (TPSA) is 55.4 Å². The number of amides is 1. The molecule has 1 unspecified atom stereocenters. The number of carbonyl (C=O) groups is 2. The molecule has 0 heterocycles. The molecule has 0 saturated carbocycles. The van der Waals surface area contributed by atoms with Gasteiger partial charge in [0, 0.05) is 16.1 Å². The maximum atomic E-state index is 12.3. The number of hydrogen-bond acceptors (Lipinski definition) is 3. The van der Waals surface area contributed by atoms with Gasteiger partial charge in [-0.05, 0) is 55.5 Å². The highest BCUT2D eigenvalue weighted by Gasteiger charge is 2.29. The zero-order valence-electron chi connectivity index (χ0n) is 13.6. The number of halogens is 4. The van der Waals surface area contributed by atoms with Gasteiger partial charge in [0.05, 0.1) is 0 Å². The fourth-order valence-corrected chi connectivity index (χ4v) is 2.17. The van der Waals surface area contributed by atoms with Crippen molar-refractivity contribution < 1.29 is 27.5 Å². The fourth-order valence-electron chi connectivity index (χ4n) is 2.04. The van der Waals surface area contributed by atoms with Crippen molar-refractivity contribution >= 4 is 23.3 Å². The number of nitrogens with one attached hydrogen (secondary N) is 1. The molecule has 4 nitrogen and oxygen atoms in total. The molecule has 2 rings (SSSR count). The Balaban J connectivity index is 1.97. The van der Waals surface area contributed by atoms with Gasteiger partial charge in [0.15, 0.2) is 11.9 Å². The normalized spacial score (nSPS) is 12.3. The second-order valence-electron chi connectivity index (χ2n) is 5.45. The molecule has 0 aliphatic rings. The number of rotatable bonds is 6. The molecule has 1 N–H and O–H groups in total. The van der Waals surface area contributed by atoms with Crippen LogP contribution in [0.25, 0.3) is 0 Å². The van der Waals surface area contributed by atoms with E-state index in [9.17, 15) is 22.8 Å². The second kappa shape index (κ2) is 8.23. The molecule has 0 bridgehead atoms. The average Bonchev–Trinajstić information content (AvgIpc) is 2.59. The van der Waals surface area contributed by atoms with E-state index in [0.717, 1.165) is 0 Å². The van der Waals surface area contributed by atoms with E-state index in [-0.39, 0.29) is 11.5 Å². The monoisotopic (exact) mass is 385 g/mol. The first-order valence-electron chi connectivity index (χ1n) is 7.57. The van der Waals surface area contributed by atoms with Crippen LogP contribution in [0, 0.1) is 0 Å². The van der Waals surface area contributed by atoms with E-state index >= 15 is 0 Å². The molecule has 2 aromatic carbocycles. The van der Waals surface area contributed by atoms with Gasteiger partial charge >= 0.3 is 6.18 Å². The van der Waals surface area contributed by atoms with E-state index in [1.807, 2.05) is 0 Å². The van der Waals surface area contributed by atoms with Crippen molar-refractivity contribution in [2.75, 3.05) is 6.54 Å². The van der Waals surface area contributed by atoms with E-state index < -0.39 is 24.7 Å². The van der Waals surface area contributed by atoms with Crippen molar-refractivity contribution in [1.82, 2.24) is 5.32 Å². The van der Waals surface area contributed by atoms with Crippen LogP contribution in [0.4, 0.5) is 13.2 Å². The lowest BCUT2D eigenvalue weighted by Gasteiger charge is -2.15. The molecular formula is C18H15ClF3NO3. The average molecular weight is 386 g/mol. The van der Waals surface area contributed by atoms with Gasteiger partial charge < -0.3 is 10.1 Å². The van der Waals surface area contributed by atoms with E-state index in [2.05, 4.69) is 0 Å². The summed E-state index contributed by atoms with van der Waals surface area (Å²) in [7, 11) is 0. The summed E-state index contributed by atoms with van der Waals surface area (Å²) in [6, 6.07) is 12.4. The summed E-state index contributed by atoms with van der Waals surface area (Å²) in [4.78, 5) is 23.9. The minimum atomic E-state index is -4.49. The Bertz CT molecular complexity index is 774. The summed E-state index contributed by atoms with van der Waals surface area (Å²) in [5.41, 5.74) is 0.858. The molecule has 0 radical (unpaired) electrons. The van der Waals surface area contributed by atoms with Gasteiger partial charge in [0.25, 0.3) is 5.91 Å². The molecule has 8 heteroatoms. The van der Waals surface area contributed by atoms with Gasteiger partial charge in [0.2, 0.25) is 0 Å². The van der Waals surface area contributed by atoms with Gasteiger partial charge in [0.1, 0.15) is 12.3 Å². The van der Waals surface area contributed by atoms with E-state index in [0.29, 0.717) is 16.1 Å². The standard InChI is InChI=1S/C18H15ClF3NO3/c1-11(17(25)23-10-18(20,21)22)26-15-8-4-13(5-9-15)16(24)12-2-6-14(19)7-3-12/h2-9,11H,10H2,1H3,(H,23,25). The highest BCUT2D eigenvalue weighted by molar-refractivity contribution is 6.30. The predicted molar refractivity (Wildman–Crippen MR) is 90.5 cm³/mol.